The molecule has 0 radical (unpaired) electrons. The van der Waals surface area contributed by atoms with Gasteiger partial charge in [0, 0.05) is 25.6 Å². The summed E-state index contributed by atoms with van der Waals surface area (Å²) < 4.78 is 11.2. The van der Waals surface area contributed by atoms with Crippen molar-refractivity contribution in [1.82, 2.24) is 0 Å². The van der Waals surface area contributed by atoms with Crippen LogP contribution < -0.4 is 20.5 Å². The number of anilines is 1. The van der Waals surface area contributed by atoms with Gasteiger partial charge in [-0.25, -0.2) is 0 Å². The summed E-state index contributed by atoms with van der Waals surface area (Å²) in [7, 11) is 0. The van der Waals surface area contributed by atoms with Crippen LogP contribution in [0.2, 0.25) is 0 Å². The van der Waals surface area contributed by atoms with Gasteiger partial charge >= 0.3 is 0 Å². The molecule has 1 atom stereocenters. The summed E-state index contributed by atoms with van der Waals surface area (Å²) in [5.74, 6) is 0.446. The maximum atomic E-state index is 11.7. The predicted molar refractivity (Wildman–Crippen MR) is 68.7 cm³/mol. The van der Waals surface area contributed by atoms with Crippen LogP contribution in [0.1, 0.15) is 27.2 Å². The van der Waals surface area contributed by atoms with Gasteiger partial charge in [0.25, 0.3) is 0 Å². The quantitative estimate of drug-likeness (QED) is 0.858. The Balaban J connectivity index is 2.12. The maximum Gasteiger partial charge on any atom is 0.246 e. The smallest absolute Gasteiger partial charge is 0.246 e. The second-order valence-corrected chi connectivity index (χ2v) is 4.77. The van der Waals surface area contributed by atoms with E-state index < -0.39 is 11.8 Å². The highest BCUT2D eigenvalue weighted by Gasteiger charge is 2.31. The van der Waals surface area contributed by atoms with Gasteiger partial charge in [0.1, 0.15) is 0 Å². The molecule has 1 heterocycles. The van der Waals surface area contributed by atoms with E-state index in [0.717, 1.165) is 0 Å². The molecule has 1 aromatic rings. The number of nitrogens with one attached hydrogen (secondary N) is 1. The number of nitrogens with two attached hydrogens (primary N) is 1. The highest BCUT2D eigenvalue weighted by molar-refractivity contribution is 5.94. The third kappa shape index (κ3) is 2.56. The molecule has 0 saturated carbocycles. The van der Waals surface area contributed by atoms with E-state index in [9.17, 15) is 4.79 Å². The van der Waals surface area contributed by atoms with Gasteiger partial charge in [0.15, 0.2) is 11.5 Å². The molecule has 0 spiro atoms. The topological polar surface area (TPSA) is 73.6 Å². The summed E-state index contributed by atoms with van der Waals surface area (Å²) in [4.78, 5) is 11.7. The summed E-state index contributed by atoms with van der Waals surface area (Å²) >= 11 is 0. The summed E-state index contributed by atoms with van der Waals surface area (Å²) in [6.07, 6.45) is 0.601. The van der Waals surface area contributed by atoms with Crippen LogP contribution in [0.4, 0.5) is 5.69 Å². The predicted octanol–water partition coefficient (Wildman–Crippen LogP) is 1.87. The lowest BCUT2D eigenvalue weighted by atomic mass is 10.2. The molecule has 98 valence electrons. The number of hydrogen-bond acceptors (Lipinski definition) is 4. The fourth-order valence-corrected chi connectivity index (χ4v) is 1.72. The minimum Gasteiger partial charge on any atom is -0.449 e. The number of fused-ring (bicyclic) bond motifs is 1. The summed E-state index contributed by atoms with van der Waals surface area (Å²) in [6.45, 7) is 5.53. The molecule has 2 rings (SSSR count). The van der Waals surface area contributed by atoms with Crippen molar-refractivity contribution >= 4 is 11.6 Å². The minimum atomic E-state index is -0.662. The molecule has 3 N–H and O–H groups in total. The molecule has 0 aliphatic carbocycles. The van der Waals surface area contributed by atoms with Crippen LogP contribution in [-0.2, 0) is 4.79 Å². The number of amides is 1. The van der Waals surface area contributed by atoms with Crippen LogP contribution in [0.15, 0.2) is 18.2 Å². The monoisotopic (exact) mass is 250 g/mol. The van der Waals surface area contributed by atoms with Gasteiger partial charge < -0.3 is 20.5 Å². The van der Waals surface area contributed by atoms with Crippen molar-refractivity contribution in [3.63, 3.8) is 0 Å². The first-order chi connectivity index (χ1) is 8.41. The molecule has 5 nitrogen and oxygen atoms in total. The van der Waals surface area contributed by atoms with Crippen LogP contribution in [0.3, 0.4) is 0 Å². The number of carbonyl (C=O) groups excluding carboxylic acids is 1. The van der Waals surface area contributed by atoms with Gasteiger partial charge in [0.2, 0.25) is 11.7 Å². The van der Waals surface area contributed by atoms with Crippen molar-refractivity contribution in [2.45, 2.75) is 39.0 Å². The van der Waals surface area contributed by atoms with E-state index in [-0.39, 0.29) is 5.91 Å². The van der Waals surface area contributed by atoms with Crippen LogP contribution in [-0.4, -0.2) is 17.7 Å². The van der Waals surface area contributed by atoms with E-state index in [2.05, 4.69) is 5.32 Å². The molecule has 0 aromatic heterocycles. The third-order valence-corrected chi connectivity index (χ3v) is 2.70. The lowest BCUT2D eigenvalue weighted by molar-refractivity contribution is -0.117. The molecule has 0 fully saturated rings. The van der Waals surface area contributed by atoms with Crippen molar-refractivity contribution in [3.8, 4) is 11.5 Å². The number of carbonyl (C=O) groups is 1. The van der Waals surface area contributed by atoms with Gasteiger partial charge in [-0.15, -0.1) is 0 Å². The van der Waals surface area contributed by atoms with Crippen molar-refractivity contribution in [2.75, 3.05) is 5.32 Å². The fourth-order valence-electron chi connectivity index (χ4n) is 1.72. The zero-order chi connectivity index (χ0) is 13.3. The average Bonchev–Trinajstić information content (AvgIpc) is 2.61. The summed E-state index contributed by atoms with van der Waals surface area (Å²) in [5.41, 5.74) is 6.31. The fraction of sp³-hybridized carbons (Fsp3) is 0.462. The average molecular weight is 250 g/mol. The highest BCUT2D eigenvalue weighted by atomic mass is 16.7. The van der Waals surface area contributed by atoms with Gasteiger partial charge in [-0.05, 0) is 18.6 Å². The van der Waals surface area contributed by atoms with E-state index in [1.807, 2.05) is 20.8 Å². The van der Waals surface area contributed by atoms with E-state index >= 15 is 0 Å². The van der Waals surface area contributed by atoms with Crippen molar-refractivity contribution in [1.29, 1.82) is 0 Å². The molecule has 18 heavy (non-hydrogen) atoms. The van der Waals surface area contributed by atoms with Crippen molar-refractivity contribution in [3.05, 3.63) is 18.2 Å². The van der Waals surface area contributed by atoms with Crippen LogP contribution in [0.25, 0.3) is 0 Å². The van der Waals surface area contributed by atoms with E-state index in [1.165, 1.54) is 0 Å². The molecular formula is C13H18N2O3. The Hall–Kier alpha value is -1.75. The molecule has 0 saturated heterocycles. The third-order valence-electron chi connectivity index (χ3n) is 2.70. The highest BCUT2D eigenvalue weighted by Crippen LogP contribution is 2.40. The Morgan fingerprint density at radius 3 is 2.72 bits per heavy atom. The molecule has 0 unspecified atom stereocenters. The summed E-state index contributed by atoms with van der Waals surface area (Å²) in [5, 5.41) is 2.75. The standard InChI is InChI=1S/C13H18N2O3/c1-4-9(14)12(16)15-8-5-6-10-11(7-8)18-13(2,3)17-10/h5-7,9H,4,14H2,1-3H3,(H,15,16)/t9-/m0/s1. The number of ether oxygens (including phenoxy) is 2. The van der Waals surface area contributed by atoms with Crippen molar-refractivity contribution < 1.29 is 14.3 Å². The van der Waals surface area contributed by atoms with Crippen LogP contribution in [0.5, 0.6) is 11.5 Å². The molecule has 1 aromatic carbocycles. The Labute approximate surface area is 106 Å². The molecule has 0 bridgehead atoms. The molecule has 1 amide bonds. The van der Waals surface area contributed by atoms with Crippen molar-refractivity contribution in [2.24, 2.45) is 5.73 Å². The number of benzene rings is 1. The second-order valence-electron chi connectivity index (χ2n) is 4.77. The lowest BCUT2D eigenvalue weighted by Gasteiger charge is -2.16. The van der Waals surface area contributed by atoms with E-state index in [1.54, 1.807) is 18.2 Å². The second kappa shape index (κ2) is 4.49. The Bertz CT molecular complexity index is 471. The summed E-state index contributed by atoms with van der Waals surface area (Å²) in [6, 6.07) is 4.79. The van der Waals surface area contributed by atoms with Crippen LogP contribution >= 0.6 is 0 Å². The van der Waals surface area contributed by atoms with E-state index in [4.69, 9.17) is 15.2 Å². The minimum absolute atomic E-state index is 0.198. The Morgan fingerprint density at radius 1 is 1.39 bits per heavy atom. The largest absolute Gasteiger partial charge is 0.449 e. The first-order valence-corrected chi connectivity index (χ1v) is 6.00. The lowest BCUT2D eigenvalue weighted by Crippen LogP contribution is -2.34. The molecule has 1 aliphatic heterocycles. The first kappa shape index (κ1) is 12.7. The van der Waals surface area contributed by atoms with E-state index in [0.29, 0.717) is 23.6 Å². The SMILES string of the molecule is CC[C@H](N)C(=O)Nc1ccc2c(c1)OC(C)(C)O2. The maximum absolute atomic E-state index is 11.7. The Morgan fingerprint density at radius 2 is 2.06 bits per heavy atom. The zero-order valence-electron chi connectivity index (χ0n) is 10.8. The van der Waals surface area contributed by atoms with Crippen LogP contribution in [0, 0.1) is 0 Å². The first-order valence-electron chi connectivity index (χ1n) is 6.00. The zero-order valence-corrected chi connectivity index (χ0v) is 10.8. The molecule has 5 heteroatoms. The van der Waals surface area contributed by atoms with Gasteiger partial charge in [0.05, 0.1) is 6.04 Å². The number of rotatable bonds is 3. The van der Waals surface area contributed by atoms with Gasteiger partial charge in [-0.1, -0.05) is 6.92 Å². The normalized spacial score (nSPS) is 17.3. The molecular weight excluding hydrogens is 232 g/mol. The Kier molecular flexibility index (Phi) is 3.17. The van der Waals surface area contributed by atoms with Gasteiger partial charge in [-0.3, -0.25) is 4.79 Å². The number of hydrogen-bond donors (Lipinski definition) is 2. The molecule has 1 aliphatic rings. The van der Waals surface area contributed by atoms with Gasteiger partial charge in [-0.2, -0.15) is 0 Å².